The third-order valence-corrected chi connectivity index (χ3v) is 9.38. The van der Waals surface area contributed by atoms with Gasteiger partial charge in [0.15, 0.2) is 0 Å². The van der Waals surface area contributed by atoms with Gasteiger partial charge in [-0.3, -0.25) is 4.79 Å². The van der Waals surface area contributed by atoms with Crippen molar-refractivity contribution in [2.75, 3.05) is 12.4 Å². The molecule has 6 nitrogen and oxygen atoms in total. The normalized spacial score (nSPS) is 25.9. The second-order valence-corrected chi connectivity index (χ2v) is 15.0. The number of rotatable bonds is 7. The van der Waals surface area contributed by atoms with Gasteiger partial charge in [-0.25, -0.2) is 4.79 Å². The largest absolute Gasteiger partial charge is 0.541 e. The fraction of sp³-hybridized carbons (Fsp3) is 0.548. The molecule has 0 aliphatic heterocycles. The summed E-state index contributed by atoms with van der Waals surface area (Å²) >= 11 is 0. The molecule has 0 unspecified atom stereocenters. The summed E-state index contributed by atoms with van der Waals surface area (Å²) in [6.45, 7) is 9.89. The lowest BCUT2D eigenvalue weighted by Gasteiger charge is -2.57. The first kappa shape index (κ1) is 26.8. The highest BCUT2D eigenvalue weighted by Gasteiger charge is 2.52. The second-order valence-electron chi connectivity index (χ2n) is 13.0. The highest BCUT2D eigenvalue weighted by molar-refractivity contribution is 6.49. The zero-order valence-corrected chi connectivity index (χ0v) is 24.4. The van der Waals surface area contributed by atoms with E-state index in [1.807, 2.05) is 52.1 Å². The topological polar surface area (TPSA) is 84.9 Å². The first-order valence-electron chi connectivity index (χ1n) is 13.8. The predicted octanol–water partition coefficient (Wildman–Crippen LogP) is 7.04. The number of aromatic carboxylic acids is 1. The van der Waals surface area contributed by atoms with Crippen LogP contribution >= 0.6 is 0 Å². The average molecular weight is 535 g/mol. The average Bonchev–Trinajstić information content (AvgIpc) is 2.82. The molecule has 203 valence electrons. The summed E-state index contributed by atoms with van der Waals surface area (Å²) < 4.78 is 12.1. The number of carboxylic acid groups (broad SMARTS) is 1. The van der Waals surface area contributed by atoms with E-state index in [2.05, 4.69) is 5.32 Å². The minimum absolute atomic E-state index is 0.0922. The van der Waals surface area contributed by atoms with Gasteiger partial charge in [-0.05, 0) is 111 Å². The van der Waals surface area contributed by atoms with Crippen LogP contribution in [0, 0.1) is 17.8 Å². The number of methoxy groups -OCH3 is 1. The van der Waals surface area contributed by atoms with E-state index in [1.54, 1.807) is 19.2 Å². The van der Waals surface area contributed by atoms with E-state index in [9.17, 15) is 14.7 Å². The van der Waals surface area contributed by atoms with Crippen LogP contribution < -0.4 is 14.5 Å². The maximum atomic E-state index is 13.7. The van der Waals surface area contributed by atoms with Gasteiger partial charge >= 0.3 is 5.97 Å². The predicted molar refractivity (Wildman–Crippen MR) is 151 cm³/mol. The molecule has 0 spiro atoms. The zero-order valence-electron chi connectivity index (χ0n) is 23.4. The number of carbonyl (C=O) groups is 2. The number of hydrogen-bond acceptors (Lipinski definition) is 4. The fourth-order valence-electron chi connectivity index (χ4n) is 7.81. The van der Waals surface area contributed by atoms with E-state index >= 15 is 0 Å². The third kappa shape index (κ3) is 4.85. The van der Waals surface area contributed by atoms with Crippen molar-refractivity contribution in [2.45, 2.75) is 83.2 Å². The van der Waals surface area contributed by atoms with Crippen LogP contribution in [-0.2, 0) is 10.8 Å². The molecule has 4 bridgehead atoms. The standard InChI is InChI=1S/C31H40NO5Si/c1-30(2,3)26-22(29(34)35)8-9-24(27(26)37-38(5)6)32-28(33)21-7-10-25(36-4)23(14-21)31-15-18-11-19(16-31)13-20(12-18)17-31/h7-10,14,18-20H,11-13,15-17H2,1-6H3,(H,32,33)(H,34,35). The van der Waals surface area contributed by atoms with Crippen LogP contribution in [0.25, 0.3) is 0 Å². The maximum Gasteiger partial charge on any atom is 0.336 e. The Labute approximate surface area is 227 Å². The number of anilines is 1. The molecule has 2 aromatic carbocycles. The van der Waals surface area contributed by atoms with Crippen LogP contribution in [-0.4, -0.2) is 33.1 Å². The van der Waals surface area contributed by atoms with Gasteiger partial charge in [0.05, 0.1) is 18.4 Å². The molecular formula is C31H40NO5Si. The minimum Gasteiger partial charge on any atom is -0.541 e. The monoisotopic (exact) mass is 534 g/mol. The SMILES string of the molecule is COc1ccc(C(=O)Nc2ccc(C(=O)O)c(C(C)(C)C)c2O[Si](C)C)cc1C12CC3CC(CC(C3)C1)C2. The Kier molecular flexibility index (Phi) is 6.87. The van der Waals surface area contributed by atoms with E-state index in [4.69, 9.17) is 9.16 Å². The molecule has 0 saturated heterocycles. The quantitative estimate of drug-likeness (QED) is 0.372. The molecule has 0 atom stereocenters. The van der Waals surface area contributed by atoms with E-state index in [0.29, 0.717) is 22.6 Å². The van der Waals surface area contributed by atoms with Gasteiger partial charge < -0.3 is 19.6 Å². The van der Waals surface area contributed by atoms with Gasteiger partial charge in [-0.1, -0.05) is 20.8 Å². The van der Waals surface area contributed by atoms with Crippen molar-refractivity contribution in [1.29, 1.82) is 0 Å². The molecule has 38 heavy (non-hydrogen) atoms. The molecule has 4 saturated carbocycles. The second kappa shape index (κ2) is 9.74. The molecule has 2 N–H and O–H groups in total. The lowest BCUT2D eigenvalue weighted by atomic mass is 9.48. The number of carbonyl (C=O) groups excluding carboxylic acids is 1. The highest BCUT2D eigenvalue weighted by Crippen LogP contribution is 2.62. The molecule has 0 aromatic heterocycles. The first-order chi connectivity index (χ1) is 17.9. The van der Waals surface area contributed by atoms with Crippen LogP contribution in [0.3, 0.4) is 0 Å². The Morgan fingerprint density at radius 3 is 2.11 bits per heavy atom. The van der Waals surface area contributed by atoms with Gasteiger partial charge in [0.1, 0.15) is 11.5 Å². The van der Waals surface area contributed by atoms with Gasteiger partial charge in [-0.15, -0.1) is 0 Å². The van der Waals surface area contributed by atoms with E-state index in [-0.39, 0.29) is 16.9 Å². The van der Waals surface area contributed by atoms with Crippen molar-refractivity contribution in [1.82, 2.24) is 0 Å². The third-order valence-electron chi connectivity index (χ3n) is 8.76. The highest BCUT2D eigenvalue weighted by atomic mass is 28.3. The van der Waals surface area contributed by atoms with Crippen molar-refractivity contribution < 1.29 is 23.9 Å². The molecule has 4 aliphatic rings. The number of benzene rings is 2. The van der Waals surface area contributed by atoms with Gasteiger partial charge in [-0.2, -0.15) is 0 Å². The Morgan fingerprint density at radius 1 is 1.00 bits per heavy atom. The summed E-state index contributed by atoms with van der Waals surface area (Å²) in [5.41, 5.74) is 2.65. The van der Waals surface area contributed by atoms with Crippen LogP contribution in [0.1, 0.15) is 91.1 Å². The van der Waals surface area contributed by atoms with Crippen molar-refractivity contribution >= 4 is 26.6 Å². The number of carboxylic acids is 1. The van der Waals surface area contributed by atoms with E-state index < -0.39 is 20.4 Å². The number of nitrogens with one attached hydrogen (secondary N) is 1. The smallest absolute Gasteiger partial charge is 0.336 e. The minimum atomic E-state index is -1.23. The molecule has 7 heteroatoms. The van der Waals surface area contributed by atoms with E-state index in [1.165, 1.54) is 44.1 Å². The first-order valence-corrected chi connectivity index (χ1v) is 16.2. The lowest BCUT2D eigenvalue weighted by Crippen LogP contribution is -2.48. The molecule has 4 fully saturated rings. The maximum absolute atomic E-state index is 13.7. The zero-order chi connectivity index (χ0) is 27.4. The van der Waals surface area contributed by atoms with E-state index in [0.717, 1.165) is 23.5 Å². The van der Waals surface area contributed by atoms with Crippen molar-refractivity contribution in [3.05, 3.63) is 52.6 Å². The number of ether oxygens (including phenoxy) is 1. The molecule has 6 rings (SSSR count). The van der Waals surface area contributed by atoms with Gasteiger partial charge in [0.25, 0.3) is 14.9 Å². The van der Waals surface area contributed by atoms with Crippen LogP contribution in [0.4, 0.5) is 5.69 Å². The lowest BCUT2D eigenvalue weighted by molar-refractivity contribution is -0.00617. The summed E-state index contributed by atoms with van der Waals surface area (Å²) in [5.74, 6) is 2.45. The molecule has 0 heterocycles. The molecule has 2 aromatic rings. The Hall–Kier alpha value is -2.80. The molecular weight excluding hydrogens is 494 g/mol. The fourth-order valence-corrected chi connectivity index (χ4v) is 8.43. The summed E-state index contributed by atoms with van der Waals surface area (Å²) in [7, 11) is 0.484. The number of hydrogen-bond donors (Lipinski definition) is 2. The summed E-state index contributed by atoms with van der Waals surface area (Å²) in [5, 5.41) is 13.0. The van der Waals surface area contributed by atoms with Crippen LogP contribution in [0.15, 0.2) is 30.3 Å². The summed E-state index contributed by atoms with van der Waals surface area (Å²) in [6, 6.07) is 9.03. The Balaban J connectivity index is 1.52. The summed E-state index contributed by atoms with van der Waals surface area (Å²) in [4.78, 5) is 25.8. The van der Waals surface area contributed by atoms with Crippen LogP contribution in [0.5, 0.6) is 11.5 Å². The van der Waals surface area contributed by atoms with Crippen molar-refractivity contribution in [2.24, 2.45) is 17.8 Å². The van der Waals surface area contributed by atoms with Gasteiger partial charge in [0.2, 0.25) is 0 Å². The van der Waals surface area contributed by atoms with Crippen molar-refractivity contribution in [3.63, 3.8) is 0 Å². The van der Waals surface area contributed by atoms with Crippen LogP contribution in [0.2, 0.25) is 13.1 Å². The van der Waals surface area contributed by atoms with Crippen molar-refractivity contribution in [3.8, 4) is 11.5 Å². The summed E-state index contributed by atoms with van der Waals surface area (Å²) in [6.07, 6.45) is 7.60. The Morgan fingerprint density at radius 2 is 1.61 bits per heavy atom. The molecule has 1 radical (unpaired) electrons. The molecule has 1 amide bonds. The van der Waals surface area contributed by atoms with Gasteiger partial charge in [0, 0.05) is 16.7 Å². The Bertz CT molecular complexity index is 1230. The molecule has 4 aliphatic carbocycles. The number of amides is 1.